The third-order valence-corrected chi connectivity index (χ3v) is 2.17. The largest absolute Gasteiger partial charge is 0.389 e. The first-order valence-corrected chi connectivity index (χ1v) is 4.98. The van der Waals surface area contributed by atoms with Crippen LogP contribution in [-0.2, 0) is 0 Å². The molecule has 0 saturated heterocycles. The van der Waals surface area contributed by atoms with Gasteiger partial charge in [0.2, 0.25) is 0 Å². The fraction of sp³-hybridized carbons (Fsp3) is 0.154. The number of pyridine rings is 1. The molecule has 15 heavy (non-hydrogen) atoms. The van der Waals surface area contributed by atoms with Gasteiger partial charge in [-0.25, -0.2) is 4.98 Å². The Morgan fingerprint density at radius 1 is 1.20 bits per heavy atom. The van der Waals surface area contributed by atoms with E-state index in [1.807, 2.05) is 42.5 Å². The summed E-state index contributed by atoms with van der Waals surface area (Å²) in [6, 6.07) is 12.0. The van der Waals surface area contributed by atoms with Gasteiger partial charge in [0.1, 0.15) is 0 Å². The Morgan fingerprint density at radius 3 is 2.80 bits per heavy atom. The quantitative estimate of drug-likeness (QED) is 0.806. The number of hydrogen-bond acceptors (Lipinski definition) is 2. The van der Waals surface area contributed by atoms with E-state index < -0.39 is 6.10 Å². The minimum Gasteiger partial charge on any atom is -0.389 e. The third-order valence-electron chi connectivity index (χ3n) is 2.17. The fourth-order valence-corrected chi connectivity index (χ4v) is 1.41. The van der Waals surface area contributed by atoms with Crippen LogP contribution in [0.25, 0.3) is 17.0 Å². The molecule has 76 valence electrons. The van der Waals surface area contributed by atoms with Crippen molar-refractivity contribution >= 4 is 17.0 Å². The molecular formula is C13H13NO. The highest BCUT2D eigenvalue weighted by Gasteiger charge is 1.94. The van der Waals surface area contributed by atoms with Crippen molar-refractivity contribution in [2.75, 3.05) is 0 Å². The number of rotatable bonds is 2. The Labute approximate surface area is 88.9 Å². The molecule has 0 amide bonds. The van der Waals surface area contributed by atoms with Gasteiger partial charge in [-0.3, -0.25) is 0 Å². The SMILES string of the molecule is C[C@@H](O)/C=C/c1ccc2ccccc2n1. The maximum absolute atomic E-state index is 9.11. The molecular weight excluding hydrogens is 186 g/mol. The average molecular weight is 199 g/mol. The summed E-state index contributed by atoms with van der Waals surface area (Å²) in [5.74, 6) is 0. The lowest BCUT2D eigenvalue weighted by molar-refractivity contribution is 0.245. The maximum atomic E-state index is 9.11. The molecule has 1 aromatic carbocycles. The summed E-state index contributed by atoms with van der Waals surface area (Å²) in [6.45, 7) is 1.72. The van der Waals surface area contributed by atoms with Gasteiger partial charge in [0, 0.05) is 5.39 Å². The zero-order valence-electron chi connectivity index (χ0n) is 8.59. The van der Waals surface area contributed by atoms with Crippen LogP contribution in [0.1, 0.15) is 12.6 Å². The molecule has 0 aliphatic rings. The van der Waals surface area contributed by atoms with Gasteiger partial charge in [0.15, 0.2) is 0 Å². The van der Waals surface area contributed by atoms with Gasteiger partial charge in [0.25, 0.3) is 0 Å². The van der Waals surface area contributed by atoms with Crippen molar-refractivity contribution < 1.29 is 5.11 Å². The van der Waals surface area contributed by atoms with Gasteiger partial charge in [-0.2, -0.15) is 0 Å². The van der Waals surface area contributed by atoms with E-state index in [2.05, 4.69) is 4.98 Å². The average Bonchev–Trinajstić information content (AvgIpc) is 2.26. The van der Waals surface area contributed by atoms with E-state index >= 15 is 0 Å². The second-order valence-electron chi connectivity index (χ2n) is 3.53. The number of benzene rings is 1. The summed E-state index contributed by atoms with van der Waals surface area (Å²) >= 11 is 0. The summed E-state index contributed by atoms with van der Waals surface area (Å²) in [5.41, 5.74) is 1.85. The zero-order chi connectivity index (χ0) is 10.7. The molecule has 2 rings (SSSR count). The highest BCUT2D eigenvalue weighted by Crippen LogP contribution is 2.12. The van der Waals surface area contributed by atoms with Crippen molar-refractivity contribution in [3.8, 4) is 0 Å². The van der Waals surface area contributed by atoms with Crippen LogP contribution in [0.4, 0.5) is 0 Å². The van der Waals surface area contributed by atoms with Crippen LogP contribution in [0, 0.1) is 0 Å². The molecule has 1 aromatic heterocycles. The number of fused-ring (bicyclic) bond motifs is 1. The van der Waals surface area contributed by atoms with Crippen LogP contribution in [0.5, 0.6) is 0 Å². The Morgan fingerprint density at radius 2 is 2.00 bits per heavy atom. The van der Waals surface area contributed by atoms with Crippen LogP contribution in [0.2, 0.25) is 0 Å². The Bertz CT molecular complexity index is 489. The minimum absolute atomic E-state index is 0.432. The van der Waals surface area contributed by atoms with Gasteiger partial charge in [0.05, 0.1) is 17.3 Å². The fourth-order valence-electron chi connectivity index (χ4n) is 1.41. The standard InChI is InChI=1S/C13H13NO/c1-10(15)6-8-12-9-7-11-4-2-3-5-13(11)14-12/h2-10,15H,1H3/b8-6+/t10-/m1/s1. The lowest BCUT2D eigenvalue weighted by Crippen LogP contribution is -1.92. The first-order chi connectivity index (χ1) is 7.25. The van der Waals surface area contributed by atoms with Crippen molar-refractivity contribution in [3.05, 3.63) is 48.2 Å². The summed E-state index contributed by atoms with van der Waals surface area (Å²) in [6.07, 6.45) is 3.12. The van der Waals surface area contributed by atoms with Crippen LogP contribution in [-0.4, -0.2) is 16.2 Å². The van der Waals surface area contributed by atoms with E-state index in [0.29, 0.717) is 0 Å². The minimum atomic E-state index is -0.432. The van der Waals surface area contributed by atoms with Crippen LogP contribution in [0.3, 0.4) is 0 Å². The van der Waals surface area contributed by atoms with E-state index in [0.717, 1.165) is 16.6 Å². The molecule has 0 spiro atoms. The molecule has 0 unspecified atom stereocenters. The van der Waals surface area contributed by atoms with E-state index in [9.17, 15) is 0 Å². The first-order valence-electron chi connectivity index (χ1n) is 4.98. The van der Waals surface area contributed by atoms with Gasteiger partial charge < -0.3 is 5.11 Å². The summed E-state index contributed by atoms with van der Waals surface area (Å²) in [7, 11) is 0. The molecule has 0 radical (unpaired) electrons. The predicted octanol–water partition coefficient (Wildman–Crippen LogP) is 2.63. The van der Waals surface area contributed by atoms with Crippen molar-refractivity contribution in [1.29, 1.82) is 0 Å². The number of para-hydroxylation sites is 1. The molecule has 0 fully saturated rings. The second kappa shape index (κ2) is 4.24. The van der Waals surface area contributed by atoms with Crippen molar-refractivity contribution in [3.63, 3.8) is 0 Å². The third kappa shape index (κ3) is 2.42. The Hall–Kier alpha value is -1.67. The molecule has 0 aliphatic heterocycles. The van der Waals surface area contributed by atoms with Crippen LogP contribution >= 0.6 is 0 Å². The molecule has 0 bridgehead atoms. The predicted molar refractivity (Wildman–Crippen MR) is 62.5 cm³/mol. The second-order valence-corrected chi connectivity index (χ2v) is 3.53. The van der Waals surface area contributed by atoms with Crippen molar-refractivity contribution in [2.24, 2.45) is 0 Å². The zero-order valence-corrected chi connectivity index (χ0v) is 8.59. The highest BCUT2D eigenvalue weighted by atomic mass is 16.3. The number of hydrogen-bond donors (Lipinski definition) is 1. The van der Waals surface area contributed by atoms with E-state index in [4.69, 9.17) is 5.11 Å². The molecule has 2 heteroatoms. The lowest BCUT2D eigenvalue weighted by atomic mass is 10.2. The monoisotopic (exact) mass is 199 g/mol. The normalized spacial score (nSPS) is 13.5. The number of aliphatic hydroxyl groups is 1. The number of nitrogens with zero attached hydrogens (tertiary/aromatic N) is 1. The van der Waals surface area contributed by atoms with Gasteiger partial charge >= 0.3 is 0 Å². The van der Waals surface area contributed by atoms with E-state index in [-0.39, 0.29) is 0 Å². The topological polar surface area (TPSA) is 33.1 Å². The Kier molecular flexibility index (Phi) is 2.79. The van der Waals surface area contributed by atoms with Gasteiger partial charge in [-0.1, -0.05) is 30.3 Å². The number of aliphatic hydroxyl groups excluding tert-OH is 1. The molecule has 1 heterocycles. The van der Waals surface area contributed by atoms with E-state index in [1.165, 1.54) is 0 Å². The molecule has 0 aliphatic carbocycles. The van der Waals surface area contributed by atoms with Gasteiger partial charge in [-0.05, 0) is 25.1 Å². The highest BCUT2D eigenvalue weighted by molar-refractivity contribution is 5.79. The molecule has 1 N–H and O–H groups in total. The van der Waals surface area contributed by atoms with Crippen molar-refractivity contribution in [2.45, 2.75) is 13.0 Å². The van der Waals surface area contributed by atoms with Crippen LogP contribution in [0.15, 0.2) is 42.5 Å². The molecule has 2 nitrogen and oxygen atoms in total. The number of aromatic nitrogens is 1. The smallest absolute Gasteiger partial charge is 0.0709 e. The van der Waals surface area contributed by atoms with Crippen LogP contribution < -0.4 is 0 Å². The first kappa shape index (κ1) is 9.87. The van der Waals surface area contributed by atoms with Crippen molar-refractivity contribution in [1.82, 2.24) is 4.98 Å². The lowest BCUT2D eigenvalue weighted by Gasteiger charge is -1.98. The summed E-state index contributed by atoms with van der Waals surface area (Å²) < 4.78 is 0. The summed E-state index contributed by atoms with van der Waals surface area (Å²) in [4.78, 5) is 4.45. The van der Waals surface area contributed by atoms with E-state index in [1.54, 1.807) is 13.0 Å². The molecule has 2 aromatic rings. The molecule has 1 atom stereocenters. The summed E-state index contributed by atoms with van der Waals surface area (Å²) in [5, 5.41) is 10.2. The molecule has 0 saturated carbocycles. The van der Waals surface area contributed by atoms with Gasteiger partial charge in [-0.15, -0.1) is 0 Å². The Balaban J connectivity index is 2.39. The maximum Gasteiger partial charge on any atom is 0.0709 e.